The van der Waals surface area contributed by atoms with Crippen molar-refractivity contribution >= 4 is 35.1 Å². The molecular weight excluding hydrogens is 391 g/mol. The Labute approximate surface area is 204 Å². The fourth-order valence-electron chi connectivity index (χ4n) is 3.10. The van der Waals surface area contributed by atoms with E-state index in [1.807, 2.05) is 47.1 Å². The minimum absolute atomic E-state index is 0. The Hall–Kier alpha value is -1.13. The average Bonchev–Trinajstić information content (AvgIpc) is 3.17. The molecule has 1 aliphatic carbocycles. The van der Waals surface area contributed by atoms with Crippen LogP contribution in [0.1, 0.15) is 21.6 Å². The van der Waals surface area contributed by atoms with Crippen LogP contribution >= 0.6 is 12.2 Å². The van der Waals surface area contributed by atoms with Crippen molar-refractivity contribution in [3.63, 3.8) is 0 Å². The van der Waals surface area contributed by atoms with Crippen molar-refractivity contribution in [1.29, 1.82) is 0 Å². The molecule has 0 saturated heterocycles. The minimum atomic E-state index is -0.356. The van der Waals surface area contributed by atoms with Crippen molar-refractivity contribution in [3.8, 4) is 16.9 Å². The second-order valence-corrected chi connectivity index (χ2v) is 6.70. The maximum atomic E-state index is 12.5. The van der Waals surface area contributed by atoms with Crippen LogP contribution in [0.2, 0.25) is 0 Å². The van der Waals surface area contributed by atoms with E-state index in [-0.39, 0.29) is 61.6 Å². The molecule has 1 aliphatic rings. The van der Waals surface area contributed by atoms with E-state index in [9.17, 15) is 4.79 Å². The zero-order valence-electron chi connectivity index (χ0n) is 14.0. The zero-order valence-corrected chi connectivity index (χ0v) is 18.8. The number of para-hydroxylation sites is 1. The predicted molar refractivity (Wildman–Crippen MR) is 102 cm³/mol. The zero-order chi connectivity index (χ0) is 17.4. The van der Waals surface area contributed by atoms with Gasteiger partial charge in [-0.2, -0.15) is 5.10 Å². The van der Waals surface area contributed by atoms with Crippen molar-refractivity contribution in [1.82, 2.24) is 20.6 Å². The first kappa shape index (κ1) is 19.6. The van der Waals surface area contributed by atoms with E-state index < -0.39 is 0 Å². The van der Waals surface area contributed by atoms with Crippen molar-refractivity contribution in [3.05, 3.63) is 71.4 Å². The second kappa shape index (κ2) is 8.26. The Morgan fingerprint density at radius 1 is 1.08 bits per heavy atom. The van der Waals surface area contributed by atoms with Crippen LogP contribution < -0.4 is 62.2 Å². The number of benzene rings is 2. The molecule has 4 rings (SSSR count). The van der Waals surface area contributed by atoms with Gasteiger partial charge in [0.1, 0.15) is 0 Å². The van der Waals surface area contributed by atoms with Crippen molar-refractivity contribution in [2.24, 2.45) is 0 Å². The van der Waals surface area contributed by atoms with Gasteiger partial charge in [-0.15, -0.1) is 0 Å². The van der Waals surface area contributed by atoms with Crippen molar-refractivity contribution < 1.29 is 56.2 Å². The number of hydrogen-bond donors (Lipinski definition) is 2. The predicted octanol–water partition coefficient (Wildman–Crippen LogP) is -0.486. The van der Waals surface area contributed by atoms with Gasteiger partial charge in [0.05, 0.1) is 11.4 Å². The number of hydrogen-bond acceptors (Lipinski definition) is 4. The number of hydrazine groups is 1. The number of carbonyl (C=O) groups excluding carboxylic acids is 1. The summed E-state index contributed by atoms with van der Waals surface area (Å²) in [6, 6.07) is 17.9. The molecule has 5 nitrogen and oxygen atoms in total. The Morgan fingerprint density at radius 3 is 2.50 bits per heavy atom. The first-order chi connectivity index (χ1) is 12.1. The van der Waals surface area contributed by atoms with Gasteiger partial charge in [-0.1, -0.05) is 42.5 Å². The number of nitrogens with one attached hydrogen (secondary N) is 2. The summed E-state index contributed by atoms with van der Waals surface area (Å²) in [6.45, 7) is 0. The van der Waals surface area contributed by atoms with Gasteiger partial charge in [-0.25, -0.2) is 4.68 Å². The fourth-order valence-corrected chi connectivity index (χ4v) is 3.20. The quantitative estimate of drug-likeness (QED) is 0.204. The maximum absolute atomic E-state index is 12.5. The van der Waals surface area contributed by atoms with Crippen LogP contribution in [0.5, 0.6) is 0 Å². The van der Waals surface area contributed by atoms with Gasteiger partial charge in [0, 0.05) is 17.5 Å². The number of carbonyl (C=O) groups is 1. The summed E-state index contributed by atoms with van der Waals surface area (Å²) in [5.74, 6) is -0.356. The van der Waals surface area contributed by atoms with Crippen LogP contribution in [-0.2, 0) is 19.0 Å². The number of amides is 1. The summed E-state index contributed by atoms with van der Waals surface area (Å²) in [5, 5.41) is 4.57. The molecule has 0 aliphatic heterocycles. The van der Waals surface area contributed by atoms with Crippen LogP contribution in [0.25, 0.3) is 16.9 Å². The molecule has 0 unspecified atom stereocenters. The van der Waals surface area contributed by atoms with Gasteiger partial charge in [-0.05, 0) is 22.0 Å². The van der Waals surface area contributed by atoms with Crippen LogP contribution in [0.4, 0.5) is 0 Å². The van der Waals surface area contributed by atoms with Crippen LogP contribution in [0, 0.1) is 0 Å². The summed E-state index contributed by atoms with van der Waals surface area (Å²) in [5.41, 5.74) is 10.4. The monoisotopic (exact) mass is 404 g/mol. The number of thiocarbonyl (C=S) groups is 1. The van der Waals surface area contributed by atoms with E-state index >= 15 is 0 Å². The molecular formula is C18H13KN4OS2. The molecule has 1 heterocycles. The first-order valence-electron chi connectivity index (χ1n) is 7.68. The Morgan fingerprint density at radius 2 is 1.77 bits per heavy atom. The van der Waals surface area contributed by atoms with Gasteiger partial charge in [0.15, 0.2) is 5.69 Å². The van der Waals surface area contributed by atoms with E-state index in [2.05, 4.69) is 28.1 Å². The van der Waals surface area contributed by atoms with Gasteiger partial charge in [0.2, 0.25) is 0 Å². The van der Waals surface area contributed by atoms with E-state index in [0.717, 1.165) is 22.5 Å². The SMILES string of the molecule is O=C(NNC(=S)[S-])c1nn(-c2ccccc2)c2c1Cc1ccccc1-2.[K+]. The Balaban J connectivity index is 0.00000196. The molecule has 8 heteroatoms. The van der Waals surface area contributed by atoms with Crippen LogP contribution in [0.15, 0.2) is 54.6 Å². The van der Waals surface area contributed by atoms with Gasteiger partial charge in [0.25, 0.3) is 5.91 Å². The van der Waals surface area contributed by atoms with E-state index in [1.165, 1.54) is 5.56 Å². The molecule has 0 atom stereocenters. The Kier molecular flexibility index (Phi) is 6.23. The van der Waals surface area contributed by atoms with Crippen LogP contribution in [-0.4, -0.2) is 20.0 Å². The molecule has 2 N–H and O–H groups in total. The summed E-state index contributed by atoms with van der Waals surface area (Å²) in [6.07, 6.45) is 0.666. The molecule has 0 fully saturated rings. The van der Waals surface area contributed by atoms with E-state index in [4.69, 9.17) is 24.8 Å². The molecule has 0 radical (unpaired) electrons. The summed E-state index contributed by atoms with van der Waals surface area (Å²) in [4.78, 5) is 12.5. The molecule has 26 heavy (non-hydrogen) atoms. The fraction of sp³-hybridized carbons (Fsp3) is 0.0556. The van der Waals surface area contributed by atoms with Gasteiger partial charge >= 0.3 is 51.4 Å². The third-order valence-corrected chi connectivity index (χ3v) is 4.32. The number of rotatable bonds is 2. The topological polar surface area (TPSA) is 59.0 Å². The van der Waals surface area contributed by atoms with E-state index in [0.29, 0.717) is 12.1 Å². The van der Waals surface area contributed by atoms with Crippen molar-refractivity contribution in [2.75, 3.05) is 0 Å². The van der Waals surface area contributed by atoms with E-state index in [1.54, 1.807) is 0 Å². The number of nitrogens with zero attached hydrogens (tertiary/aromatic N) is 2. The normalized spacial score (nSPS) is 11.1. The molecule has 0 spiro atoms. The minimum Gasteiger partial charge on any atom is -0.410 e. The maximum Gasteiger partial charge on any atom is 1.00 e. The Bertz CT molecular complexity index is 988. The molecule has 2 aromatic carbocycles. The molecule has 1 aromatic heterocycles. The van der Waals surface area contributed by atoms with Crippen LogP contribution in [0.3, 0.4) is 0 Å². The molecule has 0 saturated carbocycles. The summed E-state index contributed by atoms with van der Waals surface area (Å²) in [7, 11) is 0. The second-order valence-electron chi connectivity index (χ2n) is 5.62. The number of aromatic nitrogens is 2. The molecule has 0 bridgehead atoms. The molecule has 124 valence electrons. The smallest absolute Gasteiger partial charge is 0.410 e. The first-order valence-corrected chi connectivity index (χ1v) is 8.49. The third-order valence-electron chi connectivity index (χ3n) is 4.12. The van der Waals surface area contributed by atoms with Gasteiger partial charge < -0.3 is 30.3 Å². The third kappa shape index (κ3) is 3.63. The summed E-state index contributed by atoms with van der Waals surface area (Å²) >= 11 is 9.53. The number of fused-ring (bicyclic) bond motifs is 3. The van der Waals surface area contributed by atoms with Crippen molar-refractivity contribution in [2.45, 2.75) is 6.42 Å². The molecule has 3 aromatic rings. The summed E-state index contributed by atoms with van der Waals surface area (Å²) < 4.78 is 1.90. The largest absolute Gasteiger partial charge is 1.00 e. The average molecular weight is 405 g/mol. The standard InChI is InChI=1S/C18H14N4OS2.K/c23-17(19-20-18(24)25)15-14-10-11-6-4-5-9-13(11)16(14)22(21-15)12-7-2-1-3-8-12;/h1-9H,10H2,(H,19,23)(H2,20,24,25);/q;+1/p-1. The van der Waals surface area contributed by atoms with Gasteiger partial charge in [-0.3, -0.25) is 10.2 Å². The molecule has 1 amide bonds.